The number of amides is 1. The Morgan fingerprint density at radius 3 is 2.88 bits per heavy atom. The van der Waals surface area contributed by atoms with Gasteiger partial charge in [0.25, 0.3) is 0 Å². The largest absolute Gasteiger partial charge is 0.399 e. The summed E-state index contributed by atoms with van der Waals surface area (Å²) in [6.07, 6.45) is 1.82. The molecule has 1 amide bonds. The fourth-order valence-corrected chi connectivity index (χ4v) is 1.58. The zero-order valence-corrected chi connectivity index (χ0v) is 10.1. The van der Waals surface area contributed by atoms with Gasteiger partial charge in [-0.25, -0.2) is 0 Å². The van der Waals surface area contributed by atoms with Gasteiger partial charge in [0.05, 0.1) is 12.6 Å². The number of nitrogens with one attached hydrogen (secondary N) is 1. The number of aliphatic hydroxyl groups excluding tert-OH is 1. The van der Waals surface area contributed by atoms with Gasteiger partial charge < -0.3 is 16.2 Å². The Kier molecular flexibility index (Phi) is 5.49. The molecule has 1 atom stereocenters. The molecule has 0 radical (unpaired) electrons. The highest BCUT2D eigenvalue weighted by atomic mass is 16.3. The zero-order valence-electron chi connectivity index (χ0n) is 10.1. The molecule has 0 bridgehead atoms. The number of hydrogen-bond acceptors (Lipinski definition) is 3. The lowest BCUT2D eigenvalue weighted by molar-refractivity contribution is -0.122. The molecule has 4 N–H and O–H groups in total. The van der Waals surface area contributed by atoms with Crippen molar-refractivity contribution < 1.29 is 9.90 Å². The number of nitrogen functional groups attached to an aromatic ring is 1. The minimum Gasteiger partial charge on any atom is -0.399 e. The third-order valence-electron chi connectivity index (χ3n) is 2.67. The van der Waals surface area contributed by atoms with E-state index in [1.165, 1.54) is 0 Å². The molecule has 0 fully saturated rings. The average molecular weight is 236 g/mol. The molecule has 17 heavy (non-hydrogen) atoms. The van der Waals surface area contributed by atoms with E-state index in [0.29, 0.717) is 18.5 Å². The van der Waals surface area contributed by atoms with Crippen LogP contribution in [-0.2, 0) is 11.2 Å². The summed E-state index contributed by atoms with van der Waals surface area (Å²) in [7, 11) is 0. The highest BCUT2D eigenvalue weighted by Crippen LogP contribution is 2.08. The summed E-state index contributed by atoms with van der Waals surface area (Å²) in [5.74, 6) is -0.0340. The molecule has 4 nitrogen and oxygen atoms in total. The second-order valence-corrected chi connectivity index (χ2v) is 4.10. The third kappa shape index (κ3) is 4.87. The van der Waals surface area contributed by atoms with E-state index in [2.05, 4.69) is 5.32 Å². The van der Waals surface area contributed by atoms with Crippen LogP contribution in [0.25, 0.3) is 0 Å². The molecule has 0 saturated heterocycles. The first-order chi connectivity index (χ1) is 8.15. The number of nitrogens with two attached hydrogens (primary N) is 1. The molecule has 0 heterocycles. The lowest BCUT2D eigenvalue weighted by atomic mass is 10.1. The highest BCUT2D eigenvalue weighted by molar-refractivity contribution is 5.76. The molecular formula is C13H20N2O2. The molecule has 0 aliphatic heterocycles. The summed E-state index contributed by atoms with van der Waals surface area (Å²) in [4.78, 5) is 11.6. The number of aryl methyl sites for hydroxylation is 1. The van der Waals surface area contributed by atoms with E-state index in [4.69, 9.17) is 10.8 Å². The molecule has 94 valence electrons. The summed E-state index contributed by atoms with van der Waals surface area (Å²) in [6.45, 7) is 1.92. The van der Waals surface area contributed by atoms with E-state index >= 15 is 0 Å². The van der Waals surface area contributed by atoms with Crippen molar-refractivity contribution in [1.29, 1.82) is 0 Å². The highest BCUT2D eigenvalue weighted by Gasteiger charge is 2.08. The average Bonchev–Trinajstić information content (AvgIpc) is 2.33. The van der Waals surface area contributed by atoms with Gasteiger partial charge in [0.15, 0.2) is 0 Å². The Bertz CT molecular complexity index is 362. The fourth-order valence-electron chi connectivity index (χ4n) is 1.58. The molecule has 1 rings (SSSR count). The maximum absolute atomic E-state index is 11.6. The van der Waals surface area contributed by atoms with Gasteiger partial charge in [0, 0.05) is 12.1 Å². The molecule has 0 unspecified atom stereocenters. The van der Waals surface area contributed by atoms with Gasteiger partial charge in [0.2, 0.25) is 5.91 Å². The lowest BCUT2D eigenvalue weighted by Gasteiger charge is -2.13. The van der Waals surface area contributed by atoms with Crippen molar-refractivity contribution in [1.82, 2.24) is 5.32 Å². The van der Waals surface area contributed by atoms with E-state index in [1.807, 2.05) is 31.2 Å². The molecule has 0 aliphatic rings. The van der Waals surface area contributed by atoms with E-state index < -0.39 is 0 Å². The Balaban J connectivity index is 2.38. The first-order valence-electron chi connectivity index (χ1n) is 5.90. The minimum absolute atomic E-state index is 0.0134. The number of anilines is 1. The molecule has 1 aromatic rings. The summed E-state index contributed by atoms with van der Waals surface area (Å²) >= 11 is 0. The van der Waals surface area contributed by atoms with Crippen molar-refractivity contribution in [2.24, 2.45) is 0 Å². The standard InChI is InChI=1S/C13H20N2O2/c1-2-12(9-16)15-13(17)7-6-10-4-3-5-11(14)8-10/h3-5,8,12,16H,2,6-7,9,14H2,1H3,(H,15,17)/t12-/m1/s1. The SMILES string of the molecule is CC[C@H](CO)NC(=O)CCc1cccc(N)c1. The van der Waals surface area contributed by atoms with E-state index in [1.54, 1.807) is 0 Å². The van der Waals surface area contributed by atoms with Crippen LogP contribution < -0.4 is 11.1 Å². The molecule has 1 aromatic carbocycles. The summed E-state index contributed by atoms with van der Waals surface area (Å²) < 4.78 is 0. The normalized spacial score (nSPS) is 12.1. The van der Waals surface area contributed by atoms with E-state index in [0.717, 1.165) is 12.0 Å². The van der Waals surface area contributed by atoms with E-state index in [9.17, 15) is 4.79 Å². The minimum atomic E-state index is -0.136. The van der Waals surface area contributed by atoms with Crippen molar-refractivity contribution in [3.05, 3.63) is 29.8 Å². The number of hydrogen-bond donors (Lipinski definition) is 3. The van der Waals surface area contributed by atoms with Gasteiger partial charge in [-0.1, -0.05) is 19.1 Å². The van der Waals surface area contributed by atoms with Crippen LogP contribution in [0.5, 0.6) is 0 Å². The van der Waals surface area contributed by atoms with Crippen LogP contribution in [0.4, 0.5) is 5.69 Å². The van der Waals surface area contributed by atoms with Crippen LogP contribution in [0.1, 0.15) is 25.3 Å². The summed E-state index contributed by atoms with van der Waals surface area (Å²) in [6, 6.07) is 7.39. The van der Waals surface area contributed by atoms with Crippen LogP contribution in [-0.4, -0.2) is 23.7 Å². The predicted molar refractivity (Wildman–Crippen MR) is 68.5 cm³/mol. The molecule has 4 heteroatoms. The second-order valence-electron chi connectivity index (χ2n) is 4.10. The van der Waals surface area contributed by atoms with Crippen LogP contribution >= 0.6 is 0 Å². The number of aliphatic hydroxyl groups is 1. The van der Waals surface area contributed by atoms with Gasteiger partial charge in [-0.2, -0.15) is 0 Å². The molecule has 0 saturated carbocycles. The van der Waals surface area contributed by atoms with Crippen LogP contribution in [0.2, 0.25) is 0 Å². The zero-order chi connectivity index (χ0) is 12.7. The van der Waals surface area contributed by atoms with Crippen LogP contribution in [0.3, 0.4) is 0 Å². The summed E-state index contributed by atoms with van der Waals surface area (Å²) in [5.41, 5.74) is 7.42. The predicted octanol–water partition coefficient (Wildman–Crippen LogP) is 1.09. The monoisotopic (exact) mass is 236 g/mol. The quantitative estimate of drug-likeness (QED) is 0.647. The maximum Gasteiger partial charge on any atom is 0.220 e. The van der Waals surface area contributed by atoms with Crippen LogP contribution in [0.15, 0.2) is 24.3 Å². The Morgan fingerprint density at radius 1 is 1.53 bits per heavy atom. The van der Waals surface area contributed by atoms with Gasteiger partial charge in [-0.3, -0.25) is 4.79 Å². The van der Waals surface area contributed by atoms with Gasteiger partial charge in [-0.05, 0) is 30.5 Å². The van der Waals surface area contributed by atoms with Crippen molar-refractivity contribution in [3.63, 3.8) is 0 Å². The number of rotatable bonds is 6. The third-order valence-corrected chi connectivity index (χ3v) is 2.67. The number of carbonyl (C=O) groups excluding carboxylic acids is 1. The molecular weight excluding hydrogens is 216 g/mol. The Morgan fingerprint density at radius 2 is 2.29 bits per heavy atom. The molecule has 0 aromatic heterocycles. The van der Waals surface area contributed by atoms with Crippen molar-refractivity contribution in [2.45, 2.75) is 32.2 Å². The molecule has 0 spiro atoms. The van der Waals surface area contributed by atoms with E-state index in [-0.39, 0.29) is 18.6 Å². The number of carbonyl (C=O) groups is 1. The van der Waals surface area contributed by atoms with Gasteiger partial charge >= 0.3 is 0 Å². The van der Waals surface area contributed by atoms with Crippen molar-refractivity contribution >= 4 is 11.6 Å². The van der Waals surface area contributed by atoms with Crippen molar-refractivity contribution in [2.75, 3.05) is 12.3 Å². The maximum atomic E-state index is 11.6. The fraction of sp³-hybridized carbons (Fsp3) is 0.462. The van der Waals surface area contributed by atoms with Crippen molar-refractivity contribution in [3.8, 4) is 0 Å². The first-order valence-corrected chi connectivity index (χ1v) is 5.90. The van der Waals surface area contributed by atoms with Gasteiger partial charge in [0.1, 0.15) is 0 Å². The lowest BCUT2D eigenvalue weighted by Crippen LogP contribution is -2.37. The second kappa shape index (κ2) is 6.91. The smallest absolute Gasteiger partial charge is 0.220 e. The topological polar surface area (TPSA) is 75.3 Å². The summed E-state index contributed by atoms with van der Waals surface area (Å²) in [5, 5.41) is 11.7. The molecule has 0 aliphatic carbocycles. The Hall–Kier alpha value is -1.55. The Labute approximate surface area is 102 Å². The first kappa shape index (κ1) is 13.5. The number of benzene rings is 1. The van der Waals surface area contributed by atoms with Crippen LogP contribution in [0, 0.1) is 0 Å². The van der Waals surface area contributed by atoms with Gasteiger partial charge in [-0.15, -0.1) is 0 Å².